The van der Waals surface area contributed by atoms with Gasteiger partial charge in [0.1, 0.15) is 5.75 Å². The Morgan fingerprint density at radius 3 is 2.74 bits per heavy atom. The molecule has 0 aliphatic carbocycles. The van der Waals surface area contributed by atoms with Crippen molar-refractivity contribution in [3.63, 3.8) is 0 Å². The first-order chi connectivity index (χ1) is 11.0. The maximum absolute atomic E-state index is 12.0. The molecule has 6 heteroatoms. The van der Waals surface area contributed by atoms with Crippen LogP contribution in [0.5, 0.6) is 5.75 Å². The molecule has 0 saturated carbocycles. The molecule has 2 rings (SSSR count). The number of pyridine rings is 1. The van der Waals surface area contributed by atoms with Gasteiger partial charge in [-0.05, 0) is 37.6 Å². The molecule has 0 aliphatic rings. The maximum Gasteiger partial charge on any atom is 0.275 e. The summed E-state index contributed by atoms with van der Waals surface area (Å²) in [7, 11) is 0. The van der Waals surface area contributed by atoms with Crippen LogP contribution >= 0.6 is 0 Å². The molecule has 0 fully saturated rings. The quantitative estimate of drug-likeness (QED) is 0.504. The van der Waals surface area contributed by atoms with E-state index in [-0.39, 0.29) is 23.5 Å². The molecule has 0 unspecified atom stereocenters. The number of rotatable bonds is 5. The van der Waals surface area contributed by atoms with Crippen molar-refractivity contribution in [2.24, 2.45) is 5.10 Å². The van der Waals surface area contributed by atoms with Gasteiger partial charge in [-0.3, -0.25) is 14.6 Å². The van der Waals surface area contributed by atoms with Gasteiger partial charge in [0.2, 0.25) is 0 Å². The lowest BCUT2D eigenvalue weighted by atomic mass is 10.1. The van der Waals surface area contributed by atoms with E-state index in [0.29, 0.717) is 16.8 Å². The number of phenols is 1. The van der Waals surface area contributed by atoms with Crippen LogP contribution in [0.25, 0.3) is 0 Å². The normalized spacial score (nSPS) is 11.1. The molecule has 0 spiro atoms. The molecule has 0 aliphatic heterocycles. The summed E-state index contributed by atoms with van der Waals surface area (Å²) in [6, 6.07) is 8.23. The second-order valence-electron chi connectivity index (χ2n) is 5.10. The van der Waals surface area contributed by atoms with Crippen molar-refractivity contribution in [3.8, 4) is 5.75 Å². The molecule has 1 heterocycles. The molecule has 1 amide bonds. The fraction of sp³-hybridized carbons (Fsp3) is 0.176. The highest BCUT2D eigenvalue weighted by Gasteiger charge is 2.12. The molecule has 118 valence electrons. The zero-order valence-corrected chi connectivity index (χ0v) is 12.9. The molecule has 0 atom stereocenters. The molecule has 6 nitrogen and oxygen atoms in total. The van der Waals surface area contributed by atoms with E-state index >= 15 is 0 Å². The number of amides is 1. The summed E-state index contributed by atoms with van der Waals surface area (Å²) >= 11 is 0. The first-order valence-electron chi connectivity index (χ1n) is 7.04. The zero-order chi connectivity index (χ0) is 16.8. The third-order valence-electron chi connectivity index (χ3n) is 3.23. The van der Waals surface area contributed by atoms with Crippen molar-refractivity contribution in [2.45, 2.75) is 20.3 Å². The van der Waals surface area contributed by atoms with Gasteiger partial charge in [0, 0.05) is 23.7 Å². The smallest absolute Gasteiger partial charge is 0.275 e. The second-order valence-corrected chi connectivity index (χ2v) is 5.10. The summed E-state index contributed by atoms with van der Waals surface area (Å²) in [4.78, 5) is 27.9. The minimum atomic E-state index is -0.528. The number of hydrogen-bond donors (Lipinski definition) is 2. The summed E-state index contributed by atoms with van der Waals surface area (Å²) < 4.78 is 0. The van der Waals surface area contributed by atoms with Crippen LogP contribution in [0.2, 0.25) is 0 Å². The van der Waals surface area contributed by atoms with Crippen LogP contribution in [-0.2, 0) is 0 Å². The average molecular weight is 311 g/mol. The van der Waals surface area contributed by atoms with Crippen molar-refractivity contribution in [3.05, 3.63) is 59.4 Å². The monoisotopic (exact) mass is 311 g/mol. The zero-order valence-electron chi connectivity index (χ0n) is 12.9. The predicted octanol–water partition coefficient (Wildman–Crippen LogP) is 2.47. The van der Waals surface area contributed by atoms with Gasteiger partial charge in [0.25, 0.3) is 5.91 Å². The van der Waals surface area contributed by atoms with E-state index in [1.807, 2.05) is 0 Å². The van der Waals surface area contributed by atoms with Gasteiger partial charge >= 0.3 is 0 Å². The lowest BCUT2D eigenvalue weighted by Gasteiger charge is -2.06. The van der Waals surface area contributed by atoms with Crippen molar-refractivity contribution in [1.29, 1.82) is 0 Å². The summed E-state index contributed by atoms with van der Waals surface area (Å²) in [5.41, 5.74) is 4.03. The number of nitrogens with zero attached hydrogens (tertiary/aromatic N) is 2. The molecule has 1 aromatic carbocycles. The van der Waals surface area contributed by atoms with Crippen LogP contribution in [0.15, 0.2) is 47.8 Å². The molecule has 0 radical (unpaired) electrons. The number of aromatic hydroxyl groups is 1. The number of para-hydroxylation sites is 1. The SMILES string of the molecule is C/C(CC(=O)c1cccnc1)=N/NC(=O)c1cccc(C)c1O. The Hall–Kier alpha value is -3.02. The van der Waals surface area contributed by atoms with E-state index in [1.165, 1.54) is 12.3 Å². The highest BCUT2D eigenvalue weighted by Crippen LogP contribution is 2.21. The van der Waals surface area contributed by atoms with Crippen molar-refractivity contribution >= 4 is 17.4 Å². The lowest BCUT2D eigenvalue weighted by Crippen LogP contribution is -2.20. The Kier molecular flexibility index (Phi) is 5.19. The first kappa shape index (κ1) is 16.4. The number of carbonyl (C=O) groups excluding carboxylic acids is 2. The number of carbonyl (C=O) groups is 2. The number of phenolic OH excluding ortho intramolecular Hbond substituents is 1. The highest BCUT2D eigenvalue weighted by molar-refractivity contribution is 6.09. The van der Waals surface area contributed by atoms with E-state index in [0.717, 1.165) is 0 Å². The number of nitrogens with one attached hydrogen (secondary N) is 1. The van der Waals surface area contributed by atoms with E-state index in [4.69, 9.17) is 0 Å². The Labute approximate surface area is 133 Å². The Balaban J connectivity index is 2.01. The summed E-state index contributed by atoms with van der Waals surface area (Å²) in [6.07, 6.45) is 3.15. The molecule has 23 heavy (non-hydrogen) atoms. The third-order valence-corrected chi connectivity index (χ3v) is 3.23. The molecule has 2 N–H and O–H groups in total. The molecular formula is C17H17N3O3. The summed E-state index contributed by atoms with van der Waals surface area (Å²) in [5, 5.41) is 13.8. The van der Waals surface area contributed by atoms with E-state index in [1.54, 1.807) is 44.3 Å². The van der Waals surface area contributed by atoms with E-state index < -0.39 is 5.91 Å². The fourth-order valence-corrected chi connectivity index (χ4v) is 1.95. The van der Waals surface area contributed by atoms with Gasteiger partial charge in [0.15, 0.2) is 5.78 Å². The summed E-state index contributed by atoms with van der Waals surface area (Å²) in [5.74, 6) is -0.740. The minimum Gasteiger partial charge on any atom is -0.507 e. The van der Waals surface area contributed by atoms with Gasteiger partial charge in [0.05, 0.1) is 12.0 Å². The van der Waals surface area contributed by atoms with Gasteiger partial charge in [-0.25, -0.2) is 5.43 Å². The Bertz CT molecular complexity index is 755. The molecular weight excluding hydrogens is 294 g/mol. The van der Waals surface area contributed by atoms with E-state index in [2.05, 4.69) is 15.5 Å². The van der Waals surface area contributed by atoms with Gasteiger partial charge in [-0.1, -0.05) is 12.1 Å². The number of hydrazone groups is 1. The lowest BCUT2D eigenvalue weighted by molar-refractivity contribution is 0.0948. The van der Waals surface area contributed by atoms with Crippen LogP contribution in [-0.4, -0.2) is 27.5 Å². The molecule has 0 saturated heterocycles. The third kappa shape index (κ3) is 4.23. The standard InChI is InChI=1S/C17H17N3O3/c1-11-5-3-7-14(16(11)22)17(23)20-19-12(2)9-15(21)13-6-4-8-18-10-13/h3-8,10,22H,9H2,1-2H3,(H,20,23)/b19-12-. The maximum atomic E-state index is 12.0. The number of hydrogen-bond acceptors (Lipinski definition) is 5. The number of aromatic nitrogens is 1. The number of aryl methyl sites for hydroxylation is 1. The summed E-state index contributed by atoms with van der Waals surface area (Å²) in [6.45, 7) is 3.35. The fourth-order valence-electron chi connectivity index (χ4n) is 1.95. The minimum absolute atomic E-state index is 0.0752. The van der Waals surface area contributed by atoms with Crippen LogP contribution in [0.4, 0.5) is 0 Å². The van der Waals surface area contributed by atoms with Crippen molar-refractivity contribution in [2.75, 3.05) is 0 Å². The second kappa shape index (κ2) is 7.31. The van der Waals surface area contributed by atoms with Crippen LogP contribution in [0.1, 0.15) is 39.6 Å². The van der Waals surface area contributed by atoms with Crippen molar-refractivity contribution < 1.29 is 14.7 Å². The Morgan fingerprint density at radius 1 is 1.26 bits per heavy atom. The molecule has 0 bridgehead atoms. The Morgan fingerprint density at radius 2 is 2.04 bits per heavy atom. The van der Waals surface area contributed by atoms with Crippen LogP contribution in [0, 0.1) is 6.92 Å². The van der Waals surface area contributed by atoms with Gasteiger partial charge in [-0.15, -0.1) is 0 Å². The van der Waals surface area contributed by atoms with Gasteiger partial charge in [-0.2, -0.15) is 5.10 Å². The largest absolute Gasteiger partial charge is 0.507 e. The number of ketones is 1. The average Bonchev–Trinajstić information content (AvgIpc) is 2.56. The number of benzene rings is 1. The van der Waals surface area contributed by atoms with Crippen LogP contribution < -0.4 is 5.43 Å². The predicted molar refractivity (Wildman–Crippen MR) is 86.6 cm³/mol. The first-order valence-corrected chi connectivity index (χ1v) is 7.04. The van der Waals surface area contributed by atoms with Gasteiger partial charge < -0.3 is 5.11 Å². The topological polar surface area (TPSA) is 91.7 Å². The van der Waals surface area contributed by atoms with Crippen molar-refractivity contribution in [1.82, 2.24) is 10.4 Å². The van der Waals surface area contributed by atoms with Crippen LogP contribution in [0.3, 0.4) is 0 Å². The molecule has 1 aromatic heterocycles. The molecule has 2 aromatic rings. The highest BCUT2D eigenvalue weighted by atomic mass is 16.3. The van der Waals surface area contributed by atoms with E-state index in [9.17, 15) is 14.7 Å². The number of Topliss-reactive ketones (excluding diaryl/α,β-unsaturated/α-hetero) is 1.